The fourth-order valence-electron chi connectivity index (χ4n) is 2.23. The van der Waals surface area contributed by atoms with Gasteiger partial charge in [-0.2, -0.15) is 0 Å². The molecule has 0 saturated carbocycles. The van der Waals surface area contributed by atoms with E-state index in [1.54, 1.807) is 0 Å². The molecule has 1 saturated heterocycles. The minimum atomic E-state index is -0.0937. The van der Waals surface area contributed by atoms with Gasteiger partial charge in [0.05, 0.1) is 12.6 Å². The Hall–Kier alpha value is -0.610. The maximum atomic E-state index is 11.5. The van der Waals surface area contributed by atoms with Crippen LogP contribution in [0.4, 0.5) is 0 Å². The molecule has 0 amide bonds. The molecule has 106 valence electrons. The van der Waals surface area contributed by atoms with E-state index in [1.807, 2.05) is 13.8 Å². The normalized spacial score (nSPS) is 18.6. The van der Waals surface area contributed by atoms with E-state index in [0.717, 1.165) is 25.6 Å². The van der Waals surface area contributed by atoms with Crippen LogP contribution in [-0.2, 0) is 9.53 Å². The molecule has 0 atom stereocenters. The molecule has 0 aliphatic carbocycles. The third-order valence-corrected chi connectivity index (χ3v) is 3.24. The van der Waals surface area contributed by atoms with Gasteiger partial charge in [-0.1, -0.05) is 13.8 Å². The fourth-order valence-corrected chi connectivity index (χ4v) is 2.23. The molecule has 1 N–H and O–H groups in total. The lowest BCUT2D eigenvalue weighted by molar-refractivity contribution is -0.149. The van der Waals surface area contributed by atoms with Gasteiger partial charge in [0, 0.05) is 6.04 Å². The van der Waals surface area contributed by atoms with Gasteiger partial charge in [0.15, 0.2) is 0 Å². The maximum Gasteiger partial charge on any atom is 0.320 e. The number of nitrogens with zero attached hydrogens (tertiary/aromatic N) is 1. The van der Waals surface area contributed by atoms with Crippen molar-refractivity contribution in [2.24, 2.45) is 5.92 Å². The highest BCUT2D eigenvalue weighted by Crippen LogP contribution is 2.16. The average Bonchev–Trinajstić information content (AvgIpc) is 2.26. The molecule has 1 heterocycles. The zero-order valence-electron chi connectivity index (χ0n) is 12.2. The molecular formula is C14H28N2O2. The standard InChI is InChI=1S/C14H28N2O2/c1-11(2)15-9-13-5-7-16(8-6-13)10-14(17)18-12(3)4/h11-13,15H,5-10H2,1-4H3. The molecule has 0 unspecified atom stereocenters. The van der Waals surface area contributed by atoms with E-state index in [1.165, 1.54) is 12.8 Å². The van der Waals surface area contributed by atoms with Crippen molar-refractivity contribution in [3.63, 3.8) is 0 Å². The molecule has 0 bridgehead atoms. The smallest absolute Gasteiger partial charge is 0.320 e. The van der Waals surface area contributed by atoms with E-state index >= 15 is 0 Å². The molecule has 0 radical (unpaired) electrons. The predicted octanol–water partition coefficient (Wildman–Crippen LogP) is 1.65. The molecule has 1 aliphatic rings. The summed E-state index contributed by atoms with van der Waals surface area (Å²) >= 11 is 0. The number of piperidine rings is 1. The fraction of sp³-hybridized carbons (Fsp3) is 0.929. The van der Waals surface area contributed by atoms with Crippen molar-refractivity contribution in [2.75, 3.05) is 26.2 Å². The first kappa shape index (κ1) is 15.4. The van der Waals surface area contributed by atoms with Crippen LogP contribution in [0.25, 0.3) is 0 Å². The van der Waals surface area contributed by atoms with Crippen LogP contribution in [0.5, 0.6) is 0 Å². The summed E-state index contributed by atoms with van der Waals surface area (Å²) in [5.41, 5.74) is 0. The maximum absolute atomic E-state index is 11.5. The Morgan fingerprint density at radius 1 is 1.28 bits per heavy atom. The second-order valence-electron chi connectivity index (χ2n) is 5.82. The molecule has 1 fully saturated rings. The van der Waals surface area contributed by atoms with E-state index in [0.29, 0.717) is 12.6 Å². The summed E-state index contributed by atoms with van der Waals surface area (Å²) in [7, 11) is 0. The van der Waals surface area contributed by atoms with Crippen molar-refractivity contribution in [3.8, 4) is 0 Å². The van der Waals surface area contributed by atoms with Gasteiger partial charge < -0.3 is 10.1 Å². The van der Waals surface area contributed by atoms with Crippen LogP contribution < -0.4 is 5.32 Å². The van der Waals surface area contributed by atoms with Crippen molar-refractivity contribution in [1.29, 1.82) is 0 Å². The molecule has 4 heteroatoms. The van der Waals surface area contributed by atoms with Crippen molar-refractivity contribution in [2.45, 2.75) is 52.7 Å². The Balaban J connectivity index is 2.17. The third kappa shape index (κ3) is 6.36. The summed E-state index contributed by atoms with van der Waals surface area (Å²) in [6.45, 7) is 11.7. The van der Waals surface area contributed by atoms with E-state index in [4.69, 9.17) is 4.74 Å². The molecule has 0 aromatic rings. The number of rotatable bonds is 6. The van der Waals surface area contributed by atoms with Gasteiger partial charge in [-0.05, 0) is 52.2 Å². The quantitative estimate of drug-likeness (QED) is 0.734. The summed E-state index contributed by atoms with van der Waals surface area (Å²) in [6.07, 6.45) is 2.34. The van der Waals surface area contributed by atoms with Gasteiger partial charge >= 0.3 is 5.97 Å². The summed E-state index contributed by atoms with van der Waals surface area (Å²) in [5.74, 6) is 0.661. The zero-order valence-corrected chi connectivity index (χ0v) is 12.2. The lowest BCUT2D eigenvalue weighted by atomic mass is 9.96. The zero-order chi connectivity index (χ0) is 13.5. The summed E-state index contributed by atoms with van der Waals surface area (Å²) in [4.78, 5) is 13.7. The van der Waals surface area contributed by atoms with E-state index in [2.05, 4.69) is 24.1 Å². The van der Waals surface area contributed by atoms with Gasteiger partial charge in [0.2, 0.25) is 0 Å². The Morgan fingerprint density at radius 2 is 1.89 bits per heavy atom. The highest BCUT2D eigenvalue weighted by molar-refractivity contribution is 5.71. The predicted molar refractivity (Wildman–Crippen MR) is 73.5 cm³/mol. The van der Waals surface area contributed by atoms with Crippen molar-refractivity contribution >= 4 is 5.97 Å². The number of carbonyl (C=O) groups excluding carboxylic acids is 1. The minimum Gasteiger partial charge on any atom is -0.462 e. The molecule has 18 heavy (non-hydrogen) atoms. The molecular weight excluding hydrogens is 228 g/mol. The van der Waals surface area contributed by atoms with Gasteiger partial charge in [-0.3, -0.25) is 9.69 Å². The molecule has 0 aromatic heterocycles. The van der Waals surface area contributed by atoms with Crippen LogP contribution >= 0.6 is 0 Å². The first-order chi connectivity index (χ1) is 8.47. The monoisotopic (exact) mass is 256 g/mol. The second-order valence-corrected chi connectivity index (χ2v) is 5.82. The average molecular weight is 256 g/mol. The summed E-state index contributed by atoms with van der Waals surface area (Å²) in [6, 6.07) is 0.559. The second kappa shape index (κ2) is 7.74. The van der Waals surface area contributed by atoms with Crippen LogP contribution in [0.2, 0.25) is 0 Å². The number of hydrogen-bond donors (Lipinski definition) is 1. The van der Waals surface area contributed by atoms with Crippen molar-refractivity contribution in [3.05, 3.63) is 0 Å². The molecule has 1 rings (SSSR count). The molecule has 0 aromatic carbocycles. The third-order valence-electron chi connectivity index (χ3n) is 3.24. The van der Waals surface area contributed by atoms with Crippen LogP contribution in [0.1, 0.15) is 40.5 Å². The van der Waals surface area contributed by atoms with Gasteiger partial charge in [-0.15, -0.1) is 0 Å². The van der Waals surface area contributed by atoms with Crippen LogP contribution in [-0.4, -0.2) is 49.2 Å². The Labute approximate surface area is 111 Å². The number of hydrogen-bond acceptors (Lipinski definition) is 4. The van der Waals surface area contributed by atoms with Crippen LogP contribution in [0.3, 0.4) is 0 Å². The van der Waals surface area contributed by atoms with E-state index < -0.39 is 0 Å². The van der Waals surface area contributed by atoms with Crippen molar-refractivity contribution < 1.29 is 9.53 Å². The van der Waals surface area contributed by atoms with E-state index in [-0.39, 0.29) is 12.1 Å². The highest BCUT2D eigenvalue weighted by atomic mass is 16.5. The first-order valence-corrected chi connectivity index (χ1v) is 7.12. The number of carbonyl (C=O) groups is 1. The Kier molecular flexibility index (Phi) is 6.65. The number of likely N-dealkylation sites (tertiary alicyclic amines) is 1. The summed E-state index contributed by atoms with van der Waals surface area (Å²) in [5, 5.41) is 3.49. The van der Waals surface area contributed by atoms with Gasteiger partial charge in [-0.25, -0.2) is 0 Å². The highest BCUT2D eigenvalue weighted by Gasteiger charge is 2.21. The lowest BCUT2D eigenvalue weighted by Gasteiger charge is -2.31. The van der Waals surface area contributed by atoms with E-state index in [9.17, 15) is 4.79 Å². The summed E-state index contributed by atoms with van der Waals surface area (Å²) < 4.78 is 5.17. The Bertz CT molecular complexity index is 246. The van der Waals surface area contributed by atoms with Crippen LogP contribution in [0.15, 0.2) is 0 Å². The molecule has 1 aliphatic heterocycles. The number of nitrogens with one attached hydrogen (secondary N) is 1. The minimum absolute atomic E-state index is 0.00900. The SMILES string of the molecule is CC(C)NCC1CCN(CC(=O)OC(C)C)CC1. The van der Waals surface area contributed by atoms with Gasteiger partial charge in [0.25, 0.3) is 0 Å². The first-order valence-electron chi connectivity index (χ1n) is 7.12. The Morgan fingerprint density at radius 3 is 2.39 bits per heavy atom. The molecule has 0 spiro atoms. The van der Waals surface area contributed by atoms with Crippen molar-refractivity contribution in [1.82, 2.24) is 10.2 Å². The largest absolute Gasteiger partial charge is 0.462 e. The number of esters is 1. The van der Waals surface area contributed by atoms with Crippen LogP contribution in [0, 0.1) is 5.92 Å². The lowest BCUT2D eigenvalue weighted by Crippen LogP contribution is -2.41. The topological polar surface area (TPSA) is 41.6 Å². The number of ether oxygens (including phenoxy) is 1. The molecule has 4 nitrogen and oxygen atoms in total. The van der Waals surface area contributed by atoms with Gasteiger partial charge in [0.1, 0.15) is 0 Å².